The number of nitrogens with zero attached hydrogens (tertiary/aromatic N) is 1. The van der Waals surface area contributed by atoms with Gasteiger partial charge in [-0.2, -0.15) is 0 Å². The van der Waals surface area contributed by atoms with Gasteiger partial charge in [0, 0.05) is 28.5 Å². The van der Waals surface area contributed by atoms with Crippen molar-refractivity contribution in [2.24, 2.45) is 5.73 Å². The highest BCUT2D eigenvalue weighted by molar-refractivity contribution is 7.22. The highest BCUT2D eigenvalue weighted by Crippen LogP contribution is 2.38. The van der Waals surface area contributed by atoms with Gasteiger partial charge in [-0.05, 0) is 37.4 Å². The Morgan fingerprint density at radius 3 is 2.93 bits per heavy atom. The summed E-state index contributed by atoms with van der Waals surface area (Å²) in [5.41, 5.74) is 7.22. The lowest BCUT2D eigenvalue weighted by molar-refractivity contribution is 0.100. The van der Waals surface area contributed by atoms with Crippen LogP contribution in [0.25, 0.3) is 20.5 Å². The standard InChI is InChI=1S/C21H24N4OS/c1-2-16-17(9-6-10-23-16)25-21-14-11-18(13-7-4-3-5-8-13)27-19(14)15(12-24-21)20(22)26/h3-5,7-8,11-12,16-17,23H,2,6,9-10H2,1H3,(H2,22,26)(H,24,25)/t16-,17+/m1/s1. The molecule has 140 valence electrons. The van der Waals surface area contributed by atoms with Gasteiger partial charge in [-0.15, -0.1) is 11.3 Å². The van der Waals surface area contributed by atoms with Gasteiger partial charge in [0.25, 0.3) is 5.91 Å². The number of pyridine rings is 1. The first-order chi connectivity index (χ1) is 13.2. The Hall–Kier alpha value is -2.44. The smallest absolute Gasteiger partial charge is 0.251 e. The van der Waals surface area contributed by atoms with Gasteiger partial charge in [-0.1, -0.05) is 37.3 Å². The zero-order valence-corrected chi connectivity index (χ0v) is 16.2. The van der Waals surface area contributed by atoms with E-state index >= 15 is 0 Å². The second-order valence-corrected chi connectivity index (χ2v) is 8.02. The van der Waals surface area contributed by atoms with E-state index in [0.717, 1.165) is 52.2 Å². The van der Waals surface area contributed by atoms with Crippen LogP contribution in [0, 0.1) is 0 Å². The fourth-order valence-electron chi connectivity index (χ4n) is 3.79. The van der Waals surface area contributed by atoms with E-state index in [0.29, 0.717) is 17.6 Å². The number of piperidine rings is 1. The second-order valence-electron chi connectivity index (χ2n) is 6.97. The van der Waals surface area contributed by atoms with E-state index in [1.165, 1.54) is 0 Å². The molecule has 0 bridgehead atoms. The van der Waals surface area contributed by atoms with E-state index in [1.807, 2.05) is 18.2 Å². The first-order valence-electron chi connectivity index (χ1n) is 9.45. The molecule has 2 atom stereocenters. The van der Waals surface area contributed by atoms with Gasteiger partial charge in [0.05, 0.1) is 10.3 Å². The van der Waals surface area contributed by atoms with Crippen LogP contribution in [0.3, 0.4) is 0 Å². The van der Waals surface area contributed by atoms with Crippen LogP contribution in [-0.4, -0.2) is 29.5 Å². The molecule has 5 nitrogen and oxygen atoms in total. The average molecular weight is 381 g/mol. The average Bonchev–Trinajstić information content (AvgIpc) is 3.15. The Labute approximate surface area is 163 Å². The maximum absolute atomic E-state index is 11.9. The summed E-state index contributed by atoms with van der Waals surface area (Å²) in [7, 11) is 0. The number of carbonyl (C=O) groups is 1. The second kappa shape index (κ2) is 7.66. The van der Waals surface area contributed by atoms with Crippen molar-refractivity contribution >= 4 is 33.1 Å². The highest BCUT2D eigenvalue weighted by Gasteiger charge is 2.25. The van der Waals surface area contributed by atoms with Gasteiger partial charge < -0.3 is 16.4 Å². The minimum atomic E-state index is -0.439. The molecule has 3 heterocycles. The van der Waals surface area contributed by atoms with Crippen LogP contribution >= 0.6 is 11.3 Å². The number of fused-ring (bicyclic) bond motifs is 1. The number of nitrogens with one attached hydrogen (secondary N) is 2. The monoisotopic (exact) mass is 380 g/mol. The van der Waals surface area contributed by atoms with Crippen LogP contribution < -0.4 is 16.4 Å². The molecular formula is C21H24N4OS. The van der Waals surface area contributed by atoms with Crippen molar-refractivity contribution in [1.82, 2.24) is 10.3 Å². The Balaban J connectivity index is 1.78. The molecule has 2 aromatic heterocycles. The molecule has 0 saturated carbocycles. The summed E-state index contributed by atoms with van der Waals surface area (Å²) in [5.74, 6) is 0.395. The van der Waals surface area contributed by atoms with Crippen LogP contribution in [0.5, 0.6) is 0 Å². The van der Waals surface area contributed by atoms with E-state index in [9.17, 15) is 4.79 Å². The zero-order valence-electron chi connectivity index (χ0n) is 15.4. The number of anilines is 1. The van der Waals surface area contributed by atoms with Crippen molar-refractivity contribution in [3.05, 3.63) is 48.2 Å². The predicted molar refractivity (Wildman–Crippen MR) is 112 cm³/mol. The summed E-state index contributed by atoms with van der Waals surface area (Å²) in [6.45, 7) is 3.27. The number of amides is 1. The molecule has 0 radical (unpaired) electrons. The minimum Gasteiger partial charge on any atom is -0.366 e. The largest absolute Gasteiger partial charge is 0.366 e. The SMILES string of the molecule is CC[C@H]1NCCC[C@@H]1Nc1ncc(C(N)=O)c2sc(-c3ccccc3)cc12. The fraction of sp³-hybridized carbons (Fsp3) is 0.333. The minimum absolute atomic E-state index is 0.332. The van der Waals surface area contributed by atoms with Crippen molar-refractivity contribution in [1.29, 1.82) is 0 Å². The van der Waals surface area contributed by atoms with Crippen molar-refractivity contribution in [3.63, 3.8) is 0 Å². The van der Waals surface area contributed by atoms with E-state index < -0.39 is 5.91 Å². The van der Waals surface area contributed by atoms with Gasteiger partial charge in [0.1, 0.15) is 5.82 Å². The third kappa shape index (κ3) is 3.55. The maximum Gasteiger partial charge on any atom is 0.251 e. The van der Waals surface area contributed by atoms with Crippen molar-refractivity contribution in [2.45, 2.75) is 38.3 Å². The first-order valence-corrected chi connectivity index (χ1v) is 10.3. The van der Waals surface area contributed by atoms with E-state index in [4.69, 9.17) is 5.73 Å². The topological polar surface area (TPSA) is 80.0 Å². The Morgan fingerprint density at radius 1 is 1.37 bits per heavy atom. The van der Waals surface area contributed by atoms with E-state index in [-0.39, 0.29) is 0 Å². The van der Waals surface area contributed by atoms with E-state index in [2.05, 4.69) is 40.7 Å². The van der Waals surface area contributed by atoms with E-state index in [1.54, 1.807) is 17.5 Å². The number of rotatable bonds is 5. The van der Waals surface area contributed by atoms with Crippen LogP contribution in [0.4, 0.5) is 5.82 Å². The lowest BCUT2D eigenvalue weighted by Crippen LogP contribution is -2.48. The number of nitrogens with two attached hydrogens (primary N) is 1. The van der Waals surface area contributed by atoms with Crippen molar-refractivity contribution in [3.8, 4) is 10.4 Å². The number of primary amides is 1. The summed E-state index contributed by atoms with van der Waals surface area (Å²) in [4.78, 5) is 17.6. The van der Waals surface area contributed by atoms with Crippen LogP contribution in [0.2, 0.25) is 0 Å². The van der Waals surface area contributed by atoms with Crippen LogP contribution in [0.15, 0.2) is 42.6 Å². The molecule has 27 heavy (non-hydrogen) atoms. The molecule has 1 amide bonds. The van der Waals surface area contributed by atoms with Crippen LogP contribution in [0.1, 0.15) is 36.5 Å². The normalized spacial score (nSPS) is 19.9. The molecule has 1 aliphatic heterocycles. The summed E-state index contributed by atoms with van der Waals surface area (Å²) in [6, 6.07) is 13.1. The maximum atomic E-state index is 11.9. The third-order valence-electron chi connectivity index (χ3n) is 5.22. The number of benzene rings is 1. The predicted octanol–water partition coefficient (Wildman–Crippen LogP) is 4.00. The van der Waals surface area contributed by atoms with Crippen LogP contribution in [-0.2, 0) is 0 Å². The summed E-state index contributed by atoms with van der Waals surface area (Å²) >= 11 is 1.59. The molecule has 1 aromatic carbocycles. The molecule has 4 N–H and O–H groups in total. The van der Waals surface area contributed by atoms with Gasteiger partial charge in [0.15, 0.2) is 0 Å². The molecule has 4 rings (SSSR count). The zero-order chi connectivity index (χ0) is 18.8. The first kappa shape index (κ1) is 17.9. The Morgan fingerprint density at radius 2 is 2.19 bits per heavy atom. The lowest BCUT2D eigenvalue weighted by Gasteiger charge is -2.33. The molecular weight excluding hydrogens is 356 g/mol. The van der Waals surface area contributed by atoms with Gasteiger partial charge in [0.2, 0.25) is 0 Å². The summed E-state index contributed by atoms with van der Waals surface area (Å²) in [6.07, 6.45) is 4.94. The summed E-state index contributed by atoms with van der Waals surface area (Å²) in [5, 5.41) is 8.19. The molecule has 1 fully saturated rings. The Kier molecular flexibility index (Phi) is 5.09. The molecule has 0 spiro atoms. The molecule has 0 aliphatic carbocycles. The molecule has 1 saturated heterocycles. The highest BCUT2D eigenvalue weighted by atomic mass is 32.1. The van der Waals surface area contributed by atoms with Gasteiger partial charge in [-0.3, -0.25) is 4.79 Å². The van der Waals surface area contributed by atoms with Crippen molar-refractivity contribution in [2.75, 3.05) is 11.9 Å². The quantitative estimate of drug-likeness (QED) is 0.625. The number of carbonyl (C=O) groups excluding carboxylic acids is 1. The summed E-state index contributed by atoms with van der Waals surface area (Å²) < 4.78 is 0.899. The number of hydrogen-bond donors (Lipinski definition) is 3. The Bertz CT molecular complexity index is 953. The number of hydrogen-bond acceptors (Lipinski definition) is 5. The van der Waals surface area contributed by atoms with Crippen molar-refractivity contribution < 1.29 is 4.79 Å². The number of thiophene rings is 1. The third-order valence-corrected chi connectivity index (χ3v) is 6.44. The molecule has 3 aromatic rings. The van der Waals surface area contributed by atoms with Gasteiger partial charge in [-0.25, -0.2) is 4.98 Å². The lowest BCUT2D eigenvalue weighted by atomic mass is 9.96. The number of aromatic nitrogens is 1. The fourth-order valence-corrected chi connectivity index (χ4v) is 4.97. The van der Waals surface area contributed by atoms with Gasteiger partial charge >= 0.3 is 0 Å². The molecule has 6 heteroatoms. The molecule has 1 aliphatic rings. The molecule has 0 unspecified atom stereocenters.